The molecule has 0 amide bonds. The Labute approximate surface area is 135 Å². The molecule has 1 rings (SSSR count). The van der Waals surface area contributed by atoms with Crippen LogP contribution in [0.4, 0.5) is 5.69 Å². The molecule has 1 aromatic carbocycles. The zero-order valence-electron chi connectivity index (χ0n) is 11.6. The lowest BCUT2D eigenvalue weighted by Crippen LogP contribution is -2.31. The second-order valence-electron chi connectivity index (χ2n) is 4.88. The molecule has 0 heterocycles. The van der Waals surface area contributed by atoms with Crippen molar-refractivity contribution in [1.82, 2.24) is 5.48 Å². The van der Waals surface area contributed by atoms with Gasteiger partial charge in [-0.2, -0.15) is 0 Å². The molecule has 1 aromatic rings. The number of nitrogen functional groups attached to an aromatic ring is 1. The first kappa shape index (κ1) is 19.3. The van der Waals surface area contributed by atoms with Crippen molar-refractivity contribution in [1.29, 1.82) is 0 Å². The van der Waals surface area contributed by atoms with Gasteiger partial charge in [0.25, 0.3) is 0 Å². The molecular formula is C13H19Cl3N2O2. The minimum atomic E-state index is -0.531. The first-order valence-corrected chi connectivity index (χ1v) is 6.71. The molecule has 0 atom stereocenters. The number of carbonyl (C=O) groups excluding carboxylic acids is 1. The minimum Gasteiger partial charge on any atom is -0.398 e. The highest BCUT2D eigenvalue weighted by Gasteiger charge is 2.27. The Balaban J connectivity index is 0.00000361. The van der Waals surface area contributed by atoms with Crippen LogP contribution in [-0.2, 0) is 16.2 Å². The molecule has 0 fully saturated rings. The van der Waals surface area contributed by atoms with Crippen molar-refractivity contribution >= 4 is 47.3 Å². The number of hydrogen-bond acceptors (Lipinski definition) is 4. The van der Waals surface area contributed by atoms with E-state index < -0.39 is 5.41 Å². The number of hydrogen-bond donors (Lipinski definition) is 2. The number of benzene rings is 1. The summed E-state index contributed by atoms with van der Waals surface area (Å²) in [4.78, 5) is 16.8. The fourth-order valence-corrected chi connectivity index (χ4v) is 1.66. The van der Waals surface area contributed by atoms with Crippen LogP contribution in [0.1, 0.15) is 32.8 Å². The minimum absolute atomic E-state index is 0. The van der Waals surface area contributed by atoms with E-state index in [-0.39, 0.29) is 24.9 Å². The van der Waals surface area contributed by atoms with Crippen molar-refractivity contribution in [2.24, 2.45) is 5.41 Å². The average Bonchev–Trinajstić information content (AvgIpc) is 2.37. The standard InChI is InChI=1S/C13H18Cl2N2O2.ClH/c1-4-13(2,3)12(18)19-17-7-8-10(16)6-5-9(14)11(8)15;/h5-6,17H,4,7,16H2,1-3H3;1H. The highest BCUT2D eigenvalue weighted by molar-refractivity contribution is 6.42. The van der Waals surface area contributed by atoms with Crippen LogP contribution in [0.5, 0.6) is 0 Å². The zero-order valence-corrected chi connectivity index (χ0v) is 14.0. The molecule has 0 saturated carbocycles. The molecule has 0 spiro atoms. The fourth-order valence-electron chi connectivity index (χ4n) is 1.24. The molecule has 0 aliphatic rings. The van der Waals surface area contributed by atoms with E-state index in [0.29, 0.717) is 27.7 Å². The van der Waals surface area contributed by atoms with Gasteiger partial charge >= 0.3 is 5.97 Å². The molecule has 7 heteroatoms. The van der Waals surface area contributed by atoms with E-state index in [1.165, 1.54) is 0 Å². The van der Waals surface area contributed by atoms with Crippen LogP contribution in [0.2, 0.25) is 10.0 Å². The smallest absolute Gasteiger partial charge is 0.330 e. The summed E-state index contributed by atoms with van der Waals surface area (Å²) in [6.07, 6.45) is 0.688. The first-order valence-electron chi connectivity index (χ1n) is 5.96. The predicted molar refractivity (Wildman–Crippen MR) is 85.1 cm³/mol. The Kier molecular flexibility index (Phi) is 7.66. The highest BCUT2D eigenvalue weighted by Crippen LogP contribution is 2.30. The average molecular weight is 342 g/mol. The lowest BCUT2D eigenvalue weighted by atomic mass is 9.91. The van der Waals surface area contributed by atoms with Gasteiger partial charge in [0.1, 0.15) is 0 Å². The van der Waals surface area contributed by atoms with Crippen LogP contribution < -0.4 is 11.2 Å². The van der Waals surface area contributed by atoms with E-state index in [1.54, 1.807) is 12.1 Å². The van der Waals surface area contributed by atoms with Gasteiger partial charge in [-0.3, -0.25) is 0 Å². The number of hydroxylamine groups is 1. The van der Waals surface area contributed by atoms with Crippen molar-refractivity contribution in [2.45, 2.75) is 33.7 Å². The predicted octanol–water partition coefficient (Wildman–Crippen LogP) is 3.98. The second kappa shape index (κ2) is 7.93. The topological polar surface area (TPSA) is 64.3 Å². The molecule has 3 N–H and O–H groups in total. The Morgan fingerprint density at radius 3 is 2.55 bits per heavy atom. The molecule has 0 saturated heterocycles. The van der Waals surface area contributed by atoms with Gasteiger partial charge in [0.15, 0.2) is 0 Å². The van der Waals surface area contributed by atoms with Crippen LogP contribution in [0.3, 0.4) is 0 Å². The Hall–Kier alpha value is -0.680. The summed E-state index contributed by atoms with van der Waals surface area (Å²) in [5, 5.41) is 0.771. The van der Waals surface area contributed by atoms with Crippen LogP contribution in [-0.4, -0.2) is 5.97 Å². The number of halogens is 3. The van der Waals surface area contributed by atoms with E-state index >= 15 is 0 Å². The Morgan fingerprint density at radius 1 is 1.40 bits per heavy atom. The van der Waals surface area contributed by atoms with Crippen molar-refractivity contribution in [3.05, 3.63) is 27.7 Å². The van der Waals surface area contributed by atoms with Gasteiger partial charge in [-0.1, -0.05) is 30.1 Å². The fraction of sp³-hybridized carbons (Fsp3) is 0.462. The Bertz CT molecular complexity index is 479. The van der Waals surface area contributed by atoms with Crippen molar-refractivity contribution in [2.75, 3.05) is 5.73 Å². The summed E-state index contributed by atoms with van der Waals surface area (Å²) in [5.41, 5.74) is 8.94. The van der Waals surface area contributed by atoms with Crippen LogP contribution in [0.15, 0.2) is 12.1 Å². The van der Waals surface area contributed by atoms with Crippen molar-refractivity contribution in [3.63, 3.8) is 0 Å². The molecule has 0 unspecified atom stereocenters. The lowest BCUT2D eigenvalue weighted by molar-refractivity contribution is -0.162. The summed E-state index contributed by atoms with van der Waals surface area (Å²) in [5.74, 6) is -0.327. The third-order valence-corrected chi connectivity index (χ3v) is 3.93. The van der Waals surface area contributed by atoms with Crippen LogP contribution >= 0.6 is 35.6 Å². The number of carbonyl (C=O) groups is 1. The number of rotatable bonds is 5. The number of anilines is 1. The molecule has 0 aromatic heterocycles. The SMILES string of the molecule is CCC(C)(C)C(=O)ONCc1c(N)ccc(Cl)c1Cl.Cl. The van der Waals surface area contributed by atoms with Crippen molar-refractivity contribution in [3.8, 4) is 0 Å². The van der Waals surface area contributed by atoms with Crippen LogP contribution in [0, 0.1) is 5.41 Å². The second-order valence-corrected chi connectivity index (χ2v) is 5.66. The molecule has 20 heavy (non-hydrogen) atoms. The van der Waals surface area contributed by atoms with Gasteiger partial charge in [-0.15, -0.1) is 17.9 Å². The maximum absolute atomic E-state index is 11.7. The van der Waals surface area contributed by atoms with E-state index in [2.05, 4.69) is 5.48 Å². The molecular weight excluding hydrogens is 323 g/mol. The maximum Gasteiger partial charge on any atom is 0.330 e. The summed E-state index contributed by atoms with van der Waals surface area (Å²) in [7, 11) is 0. The quantitative estimate of drug-likeness (QED) is 0.628. The molecule has 0 bridgehead atoms. The van der Waals surface area contributed by atoms with E-state index in [4.69, 9.17) is 33.8 Å². The normalized spacial score (nSPS) is 10.8. The molecule has 0 aliphatic carbocycles. The highest BCUT2D eigenvalue weighted by atomic mass is 35.5. The third kappa shape index (κ3) is 4.70. The molecule has 0 radical (unpaired) electrons. The van der Waals surface area contributed by atoms with Gasteiger partial charge in [0.2, 0.25) is 0 Å². The molecule has 114 valence electrons. The summed E-state index contributed by atoms with van der Waals surface area (Å²) in [6, 6.07) is 3.28. The number of nitrogens with one attached hydrogen (secondary N) is 1. The molecule has 4 nitrogen and oxygen atoms in total. The van der Waals surface area contributed by atoms with Gasteiger partial charge in [0, 0.05) is 11.3 Å². The third-order valence-electron chi connectivity index (χ3n) is 3.08. The summed E-state index contributed by atoms with van der Waals surface area (Å²) in [6.45, 7) is 5.76. The zero-order chi connectivity index (χ0) is 14.6. The van der Waals surface area contributed by atoms with Gasteiger partial charge in [-0.25, -0.2) is 4.79 Å². The molecule has 0 aliphatic heterocycles. The van der Waals surface area contributed by atoms with Crippen LogP contribution in [0.25, 0.3) is 0 Å². The first-order chi connectivity index (χ1) is 8.79. The van der Waals surface area contributed by atoms with Gasteiger partial charge in [-0.05, 0) is 32.4 Å². The number of nitrogens with two attached hydrogens (primary N) is 1. The largest absolute Gasteiger partial charge is 0.398 e. The van der Waals surface area contributed by atoms with Crippen molar-refractivity contribution < 1.29 is 9.63 Å². The van der Waals surface area contributed by atoms with E-state index in [0.717, 1.165) is 0 Å². The lowest BCUT2D eigenvalue weighted by Gasteiger charge is -2.20. The summed E-state index contributed by atoms with van der Waals surface area (Å²) >= 11 is 11.9. The van der Waals surface area contributed by atoms with E-state index in [9.17, 15) is 4.79 Å². The van der Waals surface area contributed by atoms with Gasteiger partial charge in [0.05, 0.1) is 22.0 Å². The monoisotopic (exact) mass is 340 g/mol. The maximum atomic E-state index is 11.7. The van der Waals surface area contributed by atoms with E-state index in [1.807, 2.05) is 20.8 Å². The Morgan fingerprint density at radius 2 is 2.00 bits per heavy atom. The summed E-state index contributed by atoms with van der Waals surface area (Å²) < 4.78 is 0. The van der Waals surface area contributed by atoms with Gasteiger partial charge < -0.3 is 10.6 Å².